The third-order valence-electron chi connectivity index (χ3n) is 2.77. The summed E-state index contributed by atoms with van der Waals surface area (Å²) >= 11 is 1.63. The van der Waals surface area contributed by atoms with Gasteiger partial charge in [-0.25, -0.2) is 4.98 Å². The zero-order valence-electron chi connectivity index (χ0n) is 11.1. The molecular weight excluding hydrogens is 258 g/mol. The Bertz CT molecular complexity index is 565. The van der Waals surface area contributed by atoms with E-state index < -0.39 is 0 Å². The predicted octanol–water partition coefficient (Wildman–Crippen LogP) is 2.47. The highest BCUT2D eigenvalue weighted by atomic mass is 32.1. The molecule has 0 aliphatic carbocycles. The molecule has 4 nitrogen and oxygen atoms in total. The first-order chi connectivity index (χ1) is 9.20. The van der Waals surface area contributed by atoms with Crippen molar-refractivity contribution in [2.45, 2.75) is 13.3 Å². The molecule has 0 radical (unpaired) electrons. The molecule has 1 amide bonds. The number of hydrogen-bond acceptors (Lipinski definition) is 4. The van der Waals surface area contributed by atoms with E-state index in [4.69, 9.17) is 0 Å². The molecule has 1 aromatic heterocycles. The highest BCUT2D eigenvalue weighted by molar-refractivity contribution is 7.09. The number of amides is 1. The molecular formula is C14H17N3OS. The van der Waals surface area contributed by atoms with Crippen LogP contribution in [0.1, 0.15) is 21.1 Å². The van der Waals surface area contributed by atoms with Crippen LogP contribution in [0.25, 0.3) is 0 Å². The maximum atomic E-state index is 12.1. The van der Waals surface area contributed by atoms with Crippen LogP contribution in [0.15, 0.2) is 29.6 Å². The van der Waals surface area contributed by atoms with E-state index in [2.05, 4.69) is 15.6 Å². The number of benzene rings is 1. The molecule has 0 aliphatic rings. The van der Waals surface area contributed by atoms with E-state index in [9.17, 15) is 4.79 Å². The molecule has 0 spiro atoms. The SMILES string of the molecule is CNc1ccccc1C(=O)NCCc1csc(C)n1. The van der Waals surface area contributed by atoms with E-state index in [1.54, 1.807) is 11.3 Å². The number of rotatable bonds is 5. The number of para-hydroxylation sites is 1. The Hall–Kier alpha value is -1.88. The van der Waals surface area contributed by atoms with Gasteiger partial charge >= 0.3 is 0 Å². The molecule has 0 atom stereocenters. The Labute approximate surface area is 116 Å². The number of nitrogens with zero attached hydrogens (tertiary/aromatic N) is 1. The van der Waals surface area contributed by atoms with Crippen molar-refractivity contribution >= 4 is 22.9 Å². The third-order valence-corrected chi connectivity index (χ3v) is 3.60. The van der Waals surface area contributed by atoms with E-state index in [0.29, 0.717) is 12.1 Å². The lowest BCUT2D eigenvalue weighted by molar-refractivity contribution is 0.0955. The van der Waals surface area contributed by atoms with Gasteiger partial charge in [0.1, 0.15) is 0 Å². The van der Waals surface area contributed by atoms with Crippen molar-refractivity contribution in [1.82, 2.24) is 10.3 Å². The van der Waals surface area contributed by atoms with Crippen molar-refractivity contribution in [3.8, 4) is 0 Å². The fourth-order valence-electron chi connectivity index (χ4n) is 1.82. The summed E-state index contributed by atoms with van der Waals surface area (Å²) in [6, 6.07) is 7.47. The second-order valence-electron chi connectivity index (χ2n) is 4.16. The Morgan fingerprint density at radius 1 is 1.37 bits per heavy atom. The van der Waals surface area contributed by atoms with Gasteiger partial charge in [-0.05, 0) is 19.1 Å². The molecule has 2 aromatic rings. The third kappa shape index (κ3) is 3.54. The summed E-state index contributed by atoms with van der Waals surface area (Å²) in [6.45, 7) is 2.58. The minimum absolute atomic E-state index is 0.0584. The number of aryl methyl sites for hydroxylation is 1. The van der Waals surface area contributed by atoms with Crippen LogP contribution in [0, 0.1) is 6.92 Å². The van der Waals surface area contributed by atoms with Gasteiger partial charge in [0, 0.05) is 31.1 Å². The summed E-state index contributed by atoms with van der Waals surface area (Å²) in [6.07, 6.45) is 0.762. The van der Waals surface area contributed by atoms with Gasteiger partial charge in [0.2, 0.25) is 0 Å². The number of carbonyl (C=O) groups excluding carboxylic acids is 1. The first-order valence-corrected chi connectivity index (χ1v) is 7.04. The number of carbonyl (C=O) groups is 1. The predicted molar refractivity (Wildman–Crippen MR) is 78.9 cm³/mol. The van der Waals surface area contributed by atoms with Gasteiger partial charge in [0.15, 0.2) is 0 Å². The molecule has 100 valence electrons. The van der Waals surface area contributed by atoms with E-state index >= 15 is 0 Å². The summed E-state index contributed by atoms with van der Waals surface area (Å²) in [5.74, 6) is -0.0584. The number of nitrogens with one attached hydrogen (secondary N) is 2. The monoisotopic (exact) mass is 275 g/mol. The standard InChI is InChI=1S/C14H17N3OS/c1-10-17-11(9-19-10)7-8-16-14(18)12-5-3-4-6-13(12)15-2/h3-6,9,15H,7-8H2,1-2H3,(H,16,18). The van der Waals surface area contributed by atoms with Gasteiger partial charge < -0.3 is 10.6 Å². The number of aromatic nitrogens is 1. The van der Waals surface area contributed by atoms with Crippen LogP contribution >= 0.6 is 11.3 Å². The quantitative estimate of drug-likeness (QED) is 0.881. The zero-order valence-corrected chi connectivity index (χ0v) is 11.9. The van der Waals surface area contributed by atoms with Crippen LogP contribution < -0.4 is 10.6 Å². The smallest absolute Gasteiger partial charge is 0.253 e. The molecule has 2 rings (SSSR count). The largest absolute Gasteiger partial charge is 0.387 e. The van der Waals surface area contributed by atoms with Crippen LogP contribution in [-0.2, 0) is 6.42 Å². The average molecular weight is 275 g/mol. The van der Waals surface area contributed by atoms with Gasteiger partial charge in [-0.2, -0.15) is 0 Å². The average Bonchev–Trinajstić information content (AvgIpc) is 2.84. The molecule has 0 bridgehead atoms. The van der Waals surface area contributed by atoms with Gasteiger partial charge in [0.25, 0.3) is 5.91 Å². The fraction of sp³-hybridized carbons (Fsp3) is 0.286. The van der Waals surface area contributed by atoms with Crippen molar-refractivity contribution < 1.29 is 4.79 Å². The molecule has 2 N–H and O–H groups in total. The van der Waals surface area contributed by atoms with Crippen molar-refractivity contribution in [2.75, 3.05) is 18.9 Å². The Kier molecular flexibility index (Phi) is 4.52. The van der Waals surface area contributed by atoms with Crippen molar-refractivity contribution in [1.29, 1.82) is 0 Å². The molecule has 0 saturated heterocycles. The lowest BCUT2D eigenvalue weighted by atomic mass is 10.1. The zero-order chi connectivity index (χ0) is 13.7. The number of hydrogen-bond donors (Lipinski definition) is 2. The van der Waals surface area contributed by atoms with E-state index in [-0.39, 0.29) is 5.91 Å². The minimum atomic E-state index is -0.0584. The molecule has 0 saturated carbocycles. The van der Waals surface area contributed by atoms with Crippen LogP contribution in [0.5, 0.6) is 0 Å². The summed E-state index contributed by atoms with van der Waals surface area (Å²) in [5.41, 5.74) is 2.54. The Morgan fingerprint density at radius 3 is 2.84 bits per heavy atom. The van der Waals surface area contributed by atoms with Crippen molar-refractivity contribution in [3.05, 3.63) is 45.9 Å². The molecule has 0 unspecified atom stereocenters. The molecule has 0 fully saturated rings. The highest BCUT2D eigenvalue weighted by Gasteiger charge is 2.09. The van der Waals surface area contributed by atoms with E-state index in [1.807, 2.05) is 43.6 Å². The normalized spacial score (nSPS) is 10.2. The van der Waals surface area contributed by atoms with Gasteiger partial charge in [-0.3, -0.25) is 4.79 Å². The van der Waals surface area contributed by atoms with Crippen LogP contribution in [-0.4, -0.2) is 24.5 Å². The van der Waals surface area contributed by atoms with Gasteiger partial charge in [-0.1, -0.05) is 12.1 Å². The van der Waals surface area contributed by atoms with Gasteiger partial charge in [-0.15, -0.1) is 11.3 Å². The highest BCUT2D eigenvalue weighted by Crippen LogP contribution is 2.13. The topological polar surface area (TPSA) is 54.0 Å². The van der Waals surface area contributed by atoms with E-state index in [0.717, 1.165) is 22.8 Å². The first kappa shape index (κ1) is 13.5. The lowest BCUT2D eigenvalue weighted by Crippen LogP contribution is -2.26. The Balaban J connectivity index is 1.90. The molecule has 1 aromatic carbocycles. The first-order valence-electron chi connectivity index (χ1n) is 6.16. The number of thiazole rings is 1. The maximum absolute atomic E-state index is 12.1. The van der Waals surface area contributed by atoms with E-state index in [1.165, 1.54) is 0 Å². The molecule has 5 heteroatoms. The summed E-state index contributed by atoms with van der Waals surface area (Å²) in [5, 5.41) is 9.02. The maximum Gasteiger partial charge on any atom is 0.253 e. The fourth-order valence-corrected chi connectivity index (χ4v) is 2.47. The molecule has 1 heterocycles. The second kappa shape index (κ2) is 6.33. The van der Waals surface area contributed by atoms with Crippen LogP contribution in [0.4, 0.5) is 5.69 Å². The van der Waals surface area contributed by atoms with Crippen molar-refractivity contribution in [3.63, 3.8) is 0 Å². The van der Waals surface area contributed by atoms with Crippen LogP contribution in [0.3, 0.4) is 0 Å². The molecule has 0 aliphatic heterocycles. The minimum Gasteiger partial charge on any atom is -0.387 e. The summed E-state index contributed by atoms with van der Waals surface area (Å²) in [4.78, 5) is 16.4. The lowest BCUT2D eigenvalue weighted by Gasteiger charge is -2.09. The molecule has 19 heavy (non-hydrogen) atoms. The van der Waals surface area contributed by atoms with Crippen LogP contribution in [0.2, 0.25) is 0 Å². The second-order valence-corrected chi connectivity index (χ2v) is 5.22. The van der Waals surface area contributed by atoms with Crippen molar-refractivity contribution in [2.24, 2.45) is 0 Å². The van der Waals surface area contributed by atoms with Gasteiger partial charge in [0.05, 0.1) is 16.3 Å². The summed E-state index contributed by atoms with van der Waals surface area (Å²) < 4.78 is 0. The summed E-state index contributed by atoms with van der Waals surface area (Å²) in [7, 11) is 1.81. The Morgan fingerprint density at radius 2 is 2.16 bits per heavy atom. The number of anilines is 1.